The van der Waals surface area contributed by atoms with Crippen molar-refractivity contribution >= 4 is 17.2 Å². The summed E-state index contributed by atoms with van der Waals surface area (Å²) in [5.74, 6) is 1.28. The van der Waals surface area contributed by atoms with Crippen molar-refractivity contribution in [2.45, 2.75) is 20.0 Å². The lowest BCUT2D eigenvalue weighted by Crippen LogP contribution is -2.07. The first-order chi connectivity index (χ1) is 6.65. The van der Waals surface area contributed by atoms with Gasteiger partial charge < -0.3 is 4.74 Å². The second-order valence-corrected chi connectivity index (χ2v) is 3.67. The van der Waals surface area contributed by atoms with E-state index in [9.17, 15) is 0 Å². The normalized spacial score (nSPS) is 10.3. The average molecular weight is 211 g/mol. The summed E-state index contributed by atoms with van der Waals surface area (Å²) in [6.45, 7) is 7.90. The van der Waals surface area contributed by atoms with E-state index in [1.807, 2.05) is 38.1 Å². The predicted octanol–water partition coefficient (Wildman–Crippen LogP) is 3.73. The molecule has 0 bridgehead atoms. The molecule has 0 saturated carbocycles. The van der Waals surface area contributed by atoms with Gasteiger partial charge in [-0.2, -0.15) is 0 Å². The SMILES string of the molecule is C=C(CCl)c1ccccc1OC(C)C. The number of para-hydroxylation sites is 1. The van der Waals surface area contributed by atoms with Gasteiger partial charge in [-0.25, -0.2) is 0 Å². The lowest BCUT2D eigenvalue weighted by atomic mass is 10.1. The van der Waals surface area contributed by atoms with Crippen molar-refractivity contribution in [2.24, 2.45) is 0 Å². The predicted molar refractivity (Wildman–Crippen MR) is 62.0 cm³/mol. The summed E-state index contributed by atoms with van der Waals surface area (Å²) in [5.41, 5.74) is 1.89. The van der Waals surface area contributed by atoms with Crippen LogP contribution in [0, 0.1) is 0 Å². The standard InChI is InChI=1S/C12H15ClO/c1-9(2)14-12-7-5-4-6-11(12)10(3)8-13/h4-7,9H,3,8H2,1-2H3. The molecule has 0 N–H and O–H groups in total. The van der Waals surface area contributed by atoms with Crippen LogP contribution in [0.4, 0.5) is 0 Å². The molecule has 14 heavy (non-hydrogen) atoms. The maximum absolute atomic E-state index is 5.74. The minimum Gasteiger partial charge on any atom is -0.490 e. The van der Waals surface area contributed by atoms with E-state index in [1.165, 1.54) is 0 Å². The summed E-state index contributed by atoms with van der Waals surface area (Å²) >= 11 is 5.74. The molecule has 0 saturated heterocycles. The fraction of sp³-hybridized carbons (Fsp3) is 0.333. The topological polar surface area (TPSA) is 9.23 Å². The molecule has 1 aromatic carbocycles. The van der Waals surface area contributed by atoms with E-state index >= 15 is 0 Å². The Hall–Kier alpha value is -0.950. The number of halogens is 1. The molecule has 0 aliphatic heterocycles. The van der Waals surface area contributed by atoms with Crippen LogP contribution in [0.2, 0.25) is 0 Å². The van der Waals surface area contributed by atoms with Crippen molar-refractivity contribution in [3.8, 4) is 5.75 Å². The average Bonchev–Trinajstić information content (AvgIpc) is 2.16. The van der Waals surface area contributed by atoms with E-state index in [1.54, 1.807) is 0 Å². The van der Waals surface area contributed by atoms with Gasteiger partial charge in [0.1, 0.15) is 5.75 Å². The first-order valence-corrected chi connectivity index (χ1v) is 5.18. The molecule has 0 spiro atoms. The minimum atomic E-state index is 0.166. The molecular formula is C12H15ClO. The minimum absolute atomic E-state index is 0.166. The van der Waals surface area contributed by atoms with Crippen LogP contribution in [0.5, 0.6) is 5.75 Å². The molecule has 2 heteroatoms. The van der Waals surface area contributed by atoms with E-state index in [-0.39, 0.29) is 6.10 Å². The number of ether oxygens (including phenoxy) is 1. The van der Waals surface area contributed by atoms with Gasteiger partial charge in [0, 0.05) is 11.4 Å². The maximum atomic E-state index is 5.74. The van der Waals surface area contributed by atoms with Crippen molar-refractivity contribution in [1.82, 2.24) is 0 Å². The highest BCUT2D eigenvalue weighted by Crippen LogP contribution is 2.26. The summed E-state index contributed by atoms with van der Waals surface area (Å²) in [6.07, 6.45) is 0.166. The zero-order chi connectivity index (χ0) is 10.6. The van der Waals surface area contributed by atoms with Crippen LogP contribution < -0.4 is 4.74 Å². The summed E-state index contributed by atoms with van der Waals surface area (Å²) in [6, 6.07) is 7.82. The molecule has 0 fully saturated rings. The summed E-state index contributed by atoms with van der Waals surface area (Å²) in [7, 11) is 0. The van der Waals surface area contributed by atoms with E-state index in [2.05, 4.69) is 6.58 Å². The second-order valence-electron chi connectivity index (χ2n) is 3.40. The summed E-state index contributed by atoms with van der Waals surface area (Å²) < 4.78 is 5.65. The highest BCUT2D eigenvalue weighted by atomic mass is 35.5. The smallest absolute Gasteiger partial charge is 0.127 e. The van der Waals surface area contributed by atoms with Crippen LogP contribution in [0.3, 0.4) is 0 Å². The lowest BCUT2D eigenvalue weighted by molar-refractivity contribution is 0.242. The van der Waals surface area contributed by atoms with Gasteiger partial charge in [0.15, 0.2) is 0 Å². The number of hydrogen-bond acceptors (Lipinski definition) is 1. The number of rotatable bonds is 4. The Labute approximate surface area is 90.3 Å². The Morgan fingerprint density at radius 1 is 1.43 bits per heavy atom. The summed E-state index contributed by atoms with van der Waals surface area (Å²) in [5, 5.41) is 0. The van der Waals surface area contributed by atoms with Crippen LogP contribution in [0.1, 0.15) is 19.4 Å². The van der Waals surface area contributed by atoms with Crippen LogP contribution in [0.15, 0.2) is 30.8 Å². The zero-order valence-corrected chi connectivity index (χ0v) is 9.34. The Morgan fingerprint density at radius 3 is 2.64 bits per heavy atom. The number of alkyl halides is 1. The number of benzene rings is 1. The number of hydrogen-bond donors (Lipinski definition) is 0. The molecule has 0 radical (unpaired) electrons. The van der Waals surface area contributed by atoms with Gasteiger partial charge in [0.2, 0.25) is 0 Å². The van der Waals surface area contributed by atoms with E-state index in [0.717, 1.165) is 16.9 Å². The van der Waals surface area contributed by atoms with Crippen molar-refractivity contribution in [1.29, 1.82) is 0 Å². The van der Waals surface area contributed by atoms with Gasteiger partial charge in [-0.3, -0.25) is 0 Å². The molecule has 0 amide bonds. The molecule has 76 valence electrons. The Morgan fingerprint density at radius 2 is 2.07 bits per heavy atom. The molecule has 0 atom stereocenters. The third kappa shape index (κ3) is 2.78. The van der Waals surface area contributed by atoms with E-state index in [4.69, 9.17) is 16.3 Å². The van der Waals surface area contributed by atoms with Gasteiger partial charge in [0.05, 0.1) is 6.10 Å². The van der Waals surface area contributed by atoms with E-state index < -0.39 is 0 Å². The quantitative estimate of drug-likeness (QED) is 0.689. The van der Waals surface area contributed by atoms with Gasteiger partial charge >= 0.3 is 0 Å². The van der Waals surface area contributed by atoms with Gasteiger partial charge in [0.25, 0.3) is 0 Å². The molecule has 0 heterocycles. The second kappa shape index (κ2) is 5.06. The van der Waals surface area contributed by atoms with Crippen molar-refractivity contribution < 1.29 is 4.74 Å². The largest absolute Gasteiger partial charge is 0.490 e. The molecule has 0 aliphatic carbocycles. The van der Waals surface area contributed by atoms with Crippen molar-refractivity contribution in [3.63, 3.8) is 0 Å². The Bertz CT molecular complexity index is 318. The Kier molecular flexibility index (Phi) is 4.02. The van der Waals surface area contributed by atoms with Crippen molar-refractivity contribution in [3.05, 3.63) is 36.4 Å². The third-order valence-electron chi connectivity index (χ3n) is 1.79. The zero-order valence-electron chi connectivity index (χ0n) is 8.59. The first kappa shape index (κ1) is 11.1. The van der Waals surface area contributed by atoms with Gasteiger partial charge in [-0.1, -0.05) is 24.8 Å². The number of allylic oxidation sites excluding steroid dienone is 1. The first-order valence-electron chi connectivity index (χ1n) is 4.65. The van der Waals surface area contributed by atoms with Crippen LogP contribution in [0.25, 0.3) is 5.57 Å². The fourth-order valence-corrected chi connectivity index (χ4v) is 1.33. The molecule has 1 nitrogen and oxygen atoms in total. The lowest BCUT2D eigenvalue weighted by Gasteiger charge is -2.14. The fourth-order valence-electron chi connectivity index (χ4n) is 1.19. The molecular weight excluding hydrogens is 196 g/mol. The van der Waals surface area contributed by atoms with Crippen LogP contribution >= 0.6 is 11.6 Å². The molecule has 1 aromatic rings. The monoisotopic (exact) mass is 210 g/mol. The van der Waals surface area contributed by atoms with Crippen LogP contribution in [-0.2, 0) is 0 Å². The van der Waals surface area contributed by atoms with Crippen LogP contribution in [-0.4, -0.2) is 12.0 Å². The highest BCUT2D eigenvalue weighted by molar-refractivity contribution is 6.23. The van der Waals surface area contributed by atoms with Gasteiger partial charge in [-0.05, 0) is 25.5 Å². The Balaban J connectivity index is 2.97. The molecule has 0 aromatic heterocycles. The molecule has 1 rings (SSSR count). The maximum Gasteiger partial charge on any atom is 0.127 e. The molecule has 0 aliphatic rings. The third-order valence-corrected chi connectivity index (χ3v) is 2.11. The molecule has 0 unspecified atom stereocenters. The van der Waals surface area contributed by atoms with Gasteiger partial charge in [-0.15, -0.1) is 11.6 Å². The highest BCUT2D eigenvalue weighted by Gasteiger charge is 2.06. The van der Waals surface area contributed by atoms with E-state index in [0.29, 0.717) is 5.88 Å². The van der Waals surface area contributed by atoms with Crippen molar-refractivity contribution in [2.75, 3.05) is 5.88 Å². The summed E-state index contributed by atoms with van der Waals surface area (Å²) in [4.78, 5) is 0.